The van der Waals surface area contributed by atoms with Crippen molar-refractivity contribution in [3.8, 4) is 5.75 Å². The summed E-state index contributed by atoms with van der Waals surface area (Å²) in [7, 11) is 0. The number of amides is 1. The molecule has 0 unspecified atom stereocenters. The SMILES string of the molecule is Cc1cccc(Cl)c1CNC(=O)Cc1cccc(CC(C)(C)NC[C@H](O)c2ccc(O)c3[nH]c(=O)ccc23)c1. The highest BCUT2D eigenvalue weighted by atomic mass is 35.5. The van der Waals surface area contributed by atoms with E-state index in [9.17, 15) is 19.8 Å². The van der Waals surface area contributed by atoms with Gasteiger partial charge in [-0.1, -0.05) is 54.1 Å². The number of carbonyl (C=O) groups is 1. The second-order valence-electron chi connectivity index (χ2n) is 10.6. The number of carbonyl (C=O) groups excluding carboxylic acids is 1. The molecule has 8 heteroatoms. The molecule has 0 saturated heterocycles. The molecule has 1 heterocycles. The molecule has 0 aliphatic carbocycles. The van der Waals surface area contributed by atoms with Crippen molar-refractivity contribution >= 4 is 28.4 Å². The van der Waals surface area contributed by atoms with Crippen molar-refractivity contribution in [1.29, 1.82) is 0 Å². The van der Waals surface area contributed by atoms with Gasteiger partial charge in [-0.15, -0.1) is 0 Å². The van der Waals surface area contributed by atoms with Crippen LogP contribution >= 0.6 is 11.6 Å². The summed E-state index contributed by atoms with van der Waals surface area (Å²) in [5.41, 5.74) is 4.19. The van der Waals surface area contributed by atoms with Crippen LogP contribution in [0.1, 0.15) is 47.8 Å². The quantitative estimate of drug-likeness (QED) is 0.197. The molecule has 1 atom stereocenters. The monoisotopic (exact) mass is 547 g/mol. The van der Waals surface area contributed by atoms with Crippen LogP contribution in [0.25, 0.3) is 10.9 Å². The Morgan fingerprint density at radius 2 is 1.79 bits per heavy atom. The topological polar surface area (TPSA) is 114 Å². The largest absolute Gasteiger partial charge is 0.506 e. The maximum atomic E-state index is 12.6. The van der Waals surface area contributed by atoms with E-state index in [0.29, 0.717) is 34.5 Å². The fourth-order valence-electron chi connectivity index (χ4n) is 4.78. The van der Waals surface area contributed by atoms with E-state index in [-0.39, 0.29) is 35.7 Å². The zero-order valence-electron chi connectivity index (χ0n) is 22.3. The Morgan fingerprint density at radius 1 is 1.05 bits per heavy atom. The van der Waals surface area contributed by atoms with E-state index in [1.165, 1.54) is 12.1 Å². The Bertz CT molecular complexity index is 1530. The van der Waals surface area contributed by atoms with Crippen molar-refractivity contribution in [2.45, 2.75) is 51.8 Å². The molecule has 4 rings (SSSR count). The number of benzene rings is 3. The number of pyridine rings is 1. The first-order valence-corrected chi connectivity index (χ1v) is 13.3. The van der Waals surface area contributed by atoms with E-state index in [2.05, 4.69) is 29.5 Å². The molecular weight excluding hydrogens is 514 g/mol. The summed E-state index contributed by atoms with van der Waals surface area (Å²) in [5.74, 6) is -0.117. The number of H-pyrrole nitrogens is 1. The van der Waals surface area contributed by atoms with Gasteiger partial charge in [-0.3, -0.25) is 9.59 Å². The highest BCUT2D eigenvalue weighted by Gasteiger charge is 2.21. The maximum Gasteiger partial charge on any atom is 0.248 e. The van der Waals surface area contributed by atoms with Gasteiger partial charge in [0.2, 0.25) is 11.5 Å². The number of phenolic OH excluding ortho intramolecular Hbond substituents is 1. The molecule has 1 aromatic heterocycles. The van der Waals surface area contributed by atoms with Gasteiger partial charge in [-0.2, -0.15) is 0 Å². The predicted molar refractivity (Wildman–Crippen MR) is 155 cm³/mol. The van der Waals surface area contributed by atoms with Gasteiger partial charge in [-0.05, 0) is 73.2 Å². The molecule has 204 valence electrons. The van der Waals surface area contributed by atoms with Crippen LogP contribution in [0.5, 0.6) is 5.75 Å². The lowest BCUT2D eigenvalue weighted by Crippen LogP contribution is -2.43. The molecule has 39 heavy (non-hydrogen) atoms. The van der Waals surface area contributed by atoms with Crippen LogP contribution in [0.2, 0.25) is 5.02 Å². The molecule has 3 aromatic carbocycles. The number of aliphatic hydroxyl groups excluding tert-OH is 1. The predicted octanol–water partition coefficient (Wildman–Crippen LogP) is 4.70. The fraction of sp³-hybridized carbons (Fsp3) is 0.290. The lowest BCUT2D eigenvalue weighted by Gasteiger charge is -2.28. The first-order chi connectivity index (χ1) is 18.5. The summed E-state index contributed by atoms with van der Waals surface area (Å²) < 4.78 is 0. The van der Waals surface area contributed by atoms with Gasteiger partial charge < -0.3 is 25.8 Å². The van der Waals surface area contributed by atoms with Crippen molar-refractivity contribution in [3.63, 3.8) is 0 Å². The van der Waals surface area contributed by atoms with Crippen LogP contribution in [-0.4, -0.2) is 33.2 Å². The number of aliphatic hydroxyl groups is 1. The highest BCUT2D eigenvalue weighted by molar-refractivity contribution is 6.31. The molecule has 0 radical (unpaired) electrons. The maximum absolute atomic E-state index is 12.6. The van der Waals surface area contributed by atoms with E-state index in [1.807, 2.05) is 49.4 Å². The number of fused-ring (bicyclic) bond motifs is 1. The van der Waals surface area contributed by atoms with Gasteiger partial charge >= 0.3 is 0 Å². The number of aromatic hydroxyl groups is 1. The molecule has 0 aliphatic heterocycles. The average Bonchev–Trinajstić information content (AvgIpc) is 2.87. The van der Waals surface area contributed by atoms with E-state index in [1.54, 1.807) is 12.1 Å². The minimum atomic E-state index is -0.852. The Kier molecular flexibility index (Phi) is 8.75. The minimum absolute atomic E-state index is 0.0421. The minimum Gasteiger partial charge on any atom is -0.506 e. The van der Waals surface area contributed by atoms with Gasteiger partial charge in [0.25, 0.3) is 0 Å². The summed E-state index contributed by atoms with van der Waals surface area (Å²) >= 11 is 6.28. The Balaban J connectivity index is 1.35. The van der Waals surface area contributed by atoms with Crippen molar-refractivity contribution in [3.05, 3.63) is 110 Å². The Hall–Kier alpha value is -3.65. The third-order valence-electron chi connectivity index (χ3n) is 6.86. The van der Waals surface area contributed by atoms with E-state index in [0.717, 1.165) is 22.3 Å². The number of aromatic amines is 1. The summed E-state index contributed by atoms with van der Waals surface area (Å²) in [6, 6.07) is 19.8. The number of β-amino-alcohol motifs (C(OH)–C–C–N with tert-alkyl or cyclic N) is 1. The number of hydrogen-bond donors (Lipinski definition) is 5. The molecular formula is C31H34ClN3O4. The number of aromatic nitrogens is 1. The summed E-state index contributed by atoms with van der Waals surface area (Å²) in [4.78, 5) is 26.9. The molecule has 0 bridgehead atoms. The number of halogens is 1. The zero-order valence-corrected chi connectivity index (χ0v) is 23.1. The fourth-order valence-corrected chi connectivity index (χ4v) is 5.07. The molecule has 4 aromatic rings. The molecule has 1 amide bonds. The smallest absolute Gasteiger partial charge is 0.248 e. The second kappa shape index (κ2) is 12.0. The van der Waals surface area contributed by atoms with Crippen molar-refractivity contribution < 1.29 is 15.0 Å². The third-order valence-corrected chi connectivity index (χ3v) is 7.21. The summed E-state index contributed by atoms with van der Waals surface area (Å²) in [5, 5.41) is 28.7. The standard InChI is InChI=1S/C31H34ClN3O4/c1-19-6-4-9-25(32)24(19)17-33-29(39)15-20-7-5-8-21(14-20)16-31(2,3)34-18-27(37)22-10-12-26(36)30-23(22)11-13-28(38)35-30/h4-14,27,34,36-37H,15-18H2,1-3H3,(H,33,39)(H,35,38)/t27-/m0/s1. The van der Waals surface area contributed by atoms with Crippen molar-refractivity contribution in [1.82, 2.24) is 15.6 Å². The number of rotatable bonds is 10. The van der Waals surface area contributed by atoms with Crippen LogP contribution < -0.4 is 16.2 Å². The number of hydrogen-bond acceptors (Lipinski definition) is 5. The molecule has 0 spiro atoms. The lowest BCUT2D eigenvalue weighted by atomic mass is 9.92. The zero-order chi connectivity index (χ0) is 28.2. The first-order valence-electron chi connectivity index (χ1n) is 12.9. The number of phenols is 1. The summed E-state index contributed by atoms with van der Waals surface area (Å²) in [6.07, 6.45) is 0.0902. The highest BCUT2D eigenvalue weighted by Crippen LogP contribution is 2.29. The van der Waals surface area contributed by atoms with Crippen molar-refractivity contribution in [2.24, 2.45) is 0 Å². The number of aryl methyl sites for hydroxylation is 1. The van der Waals surface area contributed by atoms with Crippen LogP contribution in [-0.2, 0) is 24.2 Å². The van der Waals surface area contributed by atoms with Gasteiger partial charge in [-0.25, -0.2) is 0 Å². The second-order valence-corrected chi connectivity index (χ2v) is 11.0. The lowest BCUT2D eigenvalue weighted by molar-refractivity contribution is -0.120. The van der Waals surface area contributed by atoms with Crippen LogP contribution in [0.15, 0.2) is 71.5 Å². The van der Waals surface area contributed by atoms with Gasteiger partial charge in [0, 0.05) is 35.1 Å². The Morgan fingerprint density at radius 3 is 2.56 bits per heavy atom. The van der Waals surface area contributed by atoms with Crippen molar-refractivity contribution in [2.75, 3.05) is 6.54 Å². The van der Waals surface area contributed by atoms with Gasteiger partial charge in [0.05, 0.1) is 18.0 Å². The van der Waals surface area contributed by atoms with Gasteiger partial charge in [0.1, 0.15) is 5.75 Å². The first kappa shape index (κ1) is 28.4. The van der Waals surface area contributed by atoms with Crippen LogP contribution in [0.4, 0.5) is 0 Å². The normalized spacial score (nSPS) is 12.4. The average molecular weight is 548 g/mol. The molecule has 0 aliphatic rings. The summed E-state index contributed by atoms with van der Waals surface area (Å²) in [6.45, 7) is 6.74. The van der Waals surface area contributed by atoms with E-state index >= 15 is 0 Å². The van der Waals surface area contributed by atoms with Crippen LogP contribution in [0.3, 0.4) is 0 Å². The molecule has 0 saturated carbocycles. The van der Waals surface area contributed by atoms with E-state index < -0.39 is 6.10 Å². The van der Waals surface area contributed by atoms with Crippen LogP contribution in [0, 0.1) is 6.92 Å². The molecule has 5 N–H and O–H groups in total. The molecule has 7 nitrogen and oxygen atoms in total. The third kappa shape index (κ3) is 7.26. The van der Waals surface area contributed by atoms with Gasteiger partial charge in [0.15, 0.2) is 0 Å². The van der Waals surface area contributed by atoms with E-state index in [4.69, 9.17) is 11.6 Å². The molecule has 0 fully saturated rings. The number of nitrogens with one attached hydrogen (secondary N) is 3. The Labute approximate surface area is 232 Å².